The van der Waals surface area contributed by atoms with Crippen LogP contribution in [0.25, 0.3) is 0 Å². The molecule has 0 aliphatic carbocycles. The summed E-state index contributed by atoms with van der Waals surface area (Å²) in [5.41, 5.74) is 0. The molecule has 0 aromatic heterocycles. The molecule has 0 aromatic carbocycles. The molecule has 2 aliphatic rings. The first kappa shape index (κ1) is 15.9. The number of rotatable bonds is 4. The molecule has 0 bridgehead atoms. The largest absolute Gasteiger partial charge is 0.356 e. The van der Waals surface area contributed by atoms with Crippen LogP contribution in [0.3, 0.4) is 0 Å². The van der Waals surface area contributed by atoms with Gasteiger partial charge in [-0.15, -0.1) is 0 Å². The second-order valence-corrected chi connectivity index (χ2v) is 9.23. The summed E-state index contributed by atoms with van der Waals surface area (Å²) >= 11 is 2.03. The molecule has 2 N–H and O–H groups in total. The van der Waals surface area contributed by atoms with Gasteiger partial charge in [-0.1, -0.05) is 6.42 Å². The van der Waals surface area contributed by atoms with E-state index in [4.69, 9.17) is 0 Å². The van der Waals surface area contributed by atoms with Crippen LogP contribution in [-0.4, -0.2) is 57.0 Å². The topological polar surface area (TPSA) is 70.6 Å². The van der Waals surface area contributed by atoms with Crippen molar-refractivity contribution in [3.05, 3.63) is 0 Å². The minimum atomic E-state index is -2.78. The summed E-state index contributed by atoms with van der Waals surface area (Å²) in [6.07, 6.45) is 4.70. The molecular formula is C13H25N3O2S2. The van der Waals surface area contributed by atoms with Gasteiger partial charge in [0.2, 0.25) is 0 Å². The van der Waals surface area contributed by atoms with Crippen molar-refractivity contribution in [1.29, 1.82) is 0 Å². The molecule has 2 heterocycles. The van der Waals surface area contributed by atoms with Crippen molar-refractivity contribution in [2.45, 2.75) is 30.9 Å². The summed E-state index contributed by atoms with van der Waals surface area (Å²) in [7, 11) is -1.02. The van der Waals surface area contributed by atoms with E-state index in [9.17, 15) is 8.42 Å². The van der Waals surface area contributed by atoms with E-state index in [0.29, 0.717) is 23.3 Å². The van der Waals surface area contributed by atoms with Crippen LogP contribution in [0.2, 0.25) is 0 Å². The summed E-state index contributed by atoms with van der Waals surface area (Å²) in [5, 5.41) is 7.28. The highest BCUT2D eigenvalue weighted by atomic mass is 32.2. The molecule has 5 nitrogen and oxygen atoms in total. The Morgan fingerprint density at radius 2 is 2.05 bits per heavy atom. The van der Waals surface area contributed by atoms with Crippen LogP contribution in [0.1, 0.15) is 25.7 Å². The maximum absolute atomic E-state index is 11.4. The first-order valence-corrected chi connectivity index (χ1v) is 10.2. The standard InChI is InChI=1S/C13H25N3O2S2/c1-14-13(16-9-12-4-2-3-6-19-12)15-8-11-5-7-20(17,18)10-11/h11-12H,2-10H2,1H3,(H2,14,15,16). The minimum Gasteiger partial charge on any atom is -0.356 e. The van der Waals surface area contributed by atoms with Gasteiger partial charge in [-0.3, -0.25) is 4.99 Å². The van der Waals surface area contributed by atoms with Gasteiger partial charge in [0.15, 0.2) is 15.8 Å². The average molecular weight is 319 g/mol. The maximum atomic E-state index is 11.4. The van der Waals surface area contributed by atoms with E-state index in [2.05, 4.69) is 15.6 Å². The van der Waals surface area contributed by atoms with E-state index < -0.39 is 9.84 Å². The number of guanidine groups is 1. The Balaban J connectivity index is 1.67. The van der Waals surface area contributed by atoms with Gasteiger partial charge in [0.05, 0.1) is 11.5 Å². The molecule has 0 amide bonds. The first-order valence-electron chi connectivity index (χ1n) is 7.35. The molecular weight excluding hydrogens is 294 g/mol. The van der Waals surface area contributed by atoms with Gasteiger partial charge in [-0.25, -0.2) is 8.42 Å². The molecule has 0 aromatic rings. The van der Waals surface area contributed by atoms with E-state index in [1.807, 2.05) is 11.8 Å². The van der Waals surface area contributed by atoms with Crippen LogP contribution in [0.15, 0.2) is 4.99 Å². The number of hydrogen-bond acceptors (Lipinski definition) is 4. The zero-order valence-corrected chi connectivity index (χ0v) is 13.7. The lowest BCUT2D eigenvalue weighted by Gasteiger charge is -2.23. The molecule has 2 rings (SSSR count). The molecule has 0 spiro atoms. The van der Waals surface area contributed by atoms with Crippen molar-refractivity contribution >= 4 is 27.6 Å². The highest BCUT2D eigenvalue weighted by Gasteiger charge is 2.27. The van der Waals surface area contributed by atoms with Crippen LogP contribution >= 0.6 is 11.8 Å². The molecule has 116 valence electrons. The first-order chi connectivity index (χ1) is 9.59. The molecule has 7 heteroatoms. The van der Waals surface area contributed by atoms with Crippen LogP contribution in [-0.2, 0) is 9.84 Å². The van der Waals surface area contributed by atoms with Crippen molar-refractivity contribution in [2.75, 3.05) is 37.4 Å². The van der Waals surface area contributed by atoms with Crippen LogP contribution in [0.5, 0.6) is 0 Å². The SMILES string of the molecule is CN=C(NCC1CCS(=O)(=O)C1)NCC1CCCCS1. The molecule has 2 atom stereocenters. The van der Waals surface area contributed by atoms with E-state index in [1.165, 1.54) is 25.0 Å². The summed E-state index contributed by atoms with van der Waals surface area (Å²) in [6.45, 7) is 1.63. The number of thioether (sulfide) groups is 1. The second-order valence-electron chi connectivity index (χ2n) is 5.59. The van der Waals surface area contributed by atoms with Gasteiger partial charge in [-0.2, -0.15) is 11.8 Å². The van der Waals surface area contributed by atoms with Gasteiger partial charge in [0.1, 0.15) is 0 Å². The third-order valence-electron chi connectivity index (χ3n) is 3.88. The quantitative estimate of drug-likeness (QED) is 0.594. The van der Waals surface area contributed by atoms with Gasteiger partial charge >= 0.3 is 0 Å². The third kappa shape index (κ3) is 5.16. The number of aliphatic imine (C=N–C) groups is 1. The zero-order chi connectivity index (χ0) is 14.4. The van der Waals surface area contributed by atoms with Crippen LogP contribution in [0.4, 0.5) is 0 Å². The Labute approximate surface area is 126 Å². The number of nitrogens with zero attached hydrogens (tertiary/aromatic N) is 1. The Bertz CT molecular complexity index is 431. The molecule has 2 aliphatic heterocycles. The van der Waals surface area contributed by atoms with Gasteiger partial charge in [-0.05, 0) is 30.9 Å². The van der Waals surface area contributed by atoms with Crippen molar-refractivity contribution in [2.24, 2.45) is 10.9 Å². The van der Waals surface area contributed by atoms with Crippen molar-refractivity contribution in [1.82, 2.24) is 10.6 Å². The van der Waals surface area contributed by atoms with Crippen molar-refractivity contribution in [3.8, 4) is 0 Å². The van der Waals surface area contributed by atoms with Crippen molar-refractivity contribution < 1.29 is 8.42 Å². The predicted molar refractivity (Wildman–Crippen MR) is 86.2 cm³/mol. The molecule has 2 unspecified atom stereocenters. The van der Waals surface area contributed by atoms with E-state index in [1.54, 1.807) is 7.05 Å². The Morgan fingerprint density at radius 1 is 1.25 bits per heavy atom. The fourth-order valence-electron chi connectivity index (χ4n) is 2.67. The van der Waals surface area contributed by atoms with Crippen LogP contribution < -0.4 is 10.6 Å². The predicted octanol–water partition coefficient (Wildman–Crippen LogP) is 0.872. The fraction of sp³-hybridized carbons (Fsp3) is 0.923. The smallest absolute Gasteiger partial charge is 0.191 e. The highest BCUT2D eigenvalue weighted by molar-refractivity contribution is 7.99. The van der Waals surface area contributed by atoms with Gasteiger partial charge in [0, 0.05) is 25.4 Å². The monoisotopic (exact) mass is 319 g/mol. The maximum Gasteiger partial charge on any atom is 0.191 e. The van der Waals surface area contributed by atoms with E-state index in [-0.39, 0.29) is 5.92 Å². The Kier molecular flexibility index (Phi) is 6.01. The molecule has 0 radical (unpaired) electrons. The second kappa shape index (κ2) is 7.54. The Hall–Kier alpha value is -0.430. The van der Waals surface area contributed by atoms with Gasteiger partial charge in [0.25, 0.3) is 0 Å². The third-order valence-corrected chi connectivity index (χ3v) is 7.11. The molecule has 2 fully saturated rings. The minimum absolute atomic E-state index is 0.225. The number of sulfone groups is 1. The zero-order valence-electron chi connectivity index (χ0n) is 12.1. The molecule has 2 saturated heterocycles. The van der Waals surface area contributed by atoms with Crippen LogP contribution in [0, 0.1) is 5.92 Å². The van der Waals surface area contributed by atoms with Gasteiger partial charge < -0.3 is 10.6 Å². The lowest BCUT2D eigenvalue weighted by Crippen LogP contribution is -2.42. The molecule has 20 heavy (non-hydrogen) atoms. The Morgan fingerprint density at radius 3 is 2.65 bits per heavy atom. The summed E-state index contributed by atoms with van der Waals surface area (Å²) in [4.78, 5) is 4.21. The number of hydrogen-bond donors (Lipinski definition) is 2. The van der Waals surface area contributed by atoms with E-state index in [0.717, 1.165) is 18.9 Å². The average Bonchev–Trinajstić information content (AvgIpc) is 2.80. The number of nitrogens with one attached hydrogen (secondary N) is 2. The summed E-state index contributed by atoms with van der Waals surface area (Å²) in [6, 6.07) is 0. The fourth-order valence-corrected chi connectivity index (χ4v) is 5.77. The molecule has 0 saturated carbocycles. The van der Waals surface area contributed by atoms with E-state index >= 15 is 0 Å². The normalized spacial score (nSPS) is 30.1. The summed E-state index contributed by atoms with van der Waals surface area (Å²) in [5.74, 6) is 2.93. The lowest BCUT2D eigenvalue weighted by atomic mass is 10.1. The summed E-state index contributed by atoms with van der Waals surface area (Å²) < 4.78 is 22.8. The highest BCUT2D eigenvalue weighted by Crippen LogP contribution is 2.24. The lowest BCUT2D eigenvalue weighted by molar-refractivity contribution is 0.565. The van der Waals surface area contributed by atoms with Crippen molar-refractivity contribution in [3.63, 3.8) is 0 Å².